The fourth-order valence-corrected chi connectivity index (χ4v) is 3.17. The smallest absolute Gasteiger partial charge is 0.236 e. The van der Waals surface area contributed by atoms with Crippen LogP contribution >= 0.6 is 0 Å². The van der Waals surface area contributed by atoms with Gasteiger partial charge in [0.15, 0.2) is 0 Å². The number of fused-ring (bicyclic) bond motifs is 1. The number of hydrogen-bond acceptors (Lipinski definition) is 4. The molecule has 1 amide bonds. The van der Waals surface area contributed by atoms with Crippen LogP contribution < -0.4 is 5.32 Å². The Labute approximate surface area is 102 Å². The van der Waals surface area contributed by atoms with E-state index in [9.17, 15) is 4.79 Å². The maximum absolute atomic E-state index is 12.1. The number of carbonyl (C=O) groups is 1. The van der Waals surface area contributed by atoms with Gasteiger partial charge in [-0.05, 0) is 18.9 Å². The summed E-state index contributed by atoms with van der Waals surface area (Å²) < 4.78 is 5.26. The molecule has 0 aromatic carbocycles. The van der Waals surface area contributed by atoms with Gasteiger partial charge in [-0.25, -0.2) is 0 Å². The molecule has 0 aliphatic carbocycles. The van der Waals surface area contributed by atoms with Crippen LogP contribution in [0.1, 0.15) is 6.42 Å². The zero-order chi connectivity index (χ0) is 11.7. The lowest BCUT2D eigenvalue weighted by molar-refractivity contribution is -0.136. The molecule has 17 heavy (non-hydrogen) atoms. The second-order valence-electron chi connectivity index (χ2n) is 5.30. The van der Waals surface area contributed by atoms with Crippen molar-refractivity contribution >= 4 is 5.91 Å². The van der Waals surface area contributed by atoms with E-state index >= 15 is 0 Å². The molecule has 96 valence electrons. The van der Waals surface area contributed by atoms with Crippen LogP contribution in [0, 0.1) is 5.92 Å². The minimum absolute atomic E-state index is 0.272. The fourth-order valence-electron chi connectivity index (χ4n) is 3.17. The van der Waals surface area contributed by atoms with Gasteiger partial charge in [-0.15, -0.1) is 0 Å². The highest BCUT2D eigenvalue weighted by Gasteiger charge is 2.36. The first-order valence-corrected chi connectivity index (χ1v) is 6.64. The van der Waals surface area contributed by atoms with Gasteiger partial charge in [0.1, 0.15) is 0 Å². The molecule has 5 heteroatoms. The Kier molecular flexibility index (Phi) is 3.31. The molecule has 0 radical (unpaired) electrons. The number of morpholine rings is 1. The fraction of sp³-hybridized carbons (Fsp3) is 0.917. The third kappa shape index (κ3) is 2.46. The van der Waals surface area contributed by atoms with Crippen LogP contribution in [0.15, 0.2) is 0 Å². The molecule has 0 saturated carbocycles. The van der Waals surface area contributed by atoms with Gasteiger partial charge in [-0.2, -0.15) is 0 Å². The average molecular weight is 239 g/mol. The highest BCUT2D eigenvalue weighted by molar-refractivity contribution is 5.78. The first-order valence-electron chi connectivity index (χ1n) is 6.64. The molecule has 0 bridgehead atoms. The molecular weight excluding hydrogens is 218 g/mol. The number of likely N-dealkylation sites (tertiary alicyclic amines) is 1. The van der Waals surface area contributed by atoms with Crippen LogP contribution in [0.3, 0.4) is 0 Å². The Balaban J connectivity index is 1.48. The molecule has 2 atom stereocenters. The second kappa shape index (κ2) is 4.92. The summed E-state index contributed by atoms with van der Waals surface area (Å²) in [5, 5.41) is 3.51. The Morgan fingerprint density at radius 3 is 2.88 bits per heavy atom. The van der Waals surface area contributed by atoms with E-state index in [2.05, 4.69) is 10.2 Å². The molecule has 1 N–H and O–H groups in total. The van der Waals surface area contributed by atoms with E-state index in [1.54, 1.807) is 0 Å². The zero-order valence-electron chi connectivity index (χ0n) is 10.2. The highest BCUT2D eigenvalue weighted by Crippen LogP contribution is 2.24. The molecule has 3 aliphatic rings. The van der Waals surface area contributed by atoms with Gasteiger partial charge in [0.05, 0.1) is 19.8 Å². The number of hydrogen-bond donors (Lipinski definition) is 1. The van der Waals surface area contributed by atoms with E-state index in [-0.39, 0.29) is 5.91 Å². The van der Waals surface area contributed by atoms with Crippen LogP contribution in [0.4, 0.5) is 0 Å². The monoisotopic (exact) mass is 239 g/mol. The van der Waals surface area contributed by atoms with Gasteiger partial charge in [-0.1, -0.05) is 0 Å². The summed E-state index contributed by atoms with van der Waals surface area (Å²) in [6.07, 6.45) is 1.27. The summed E-state index contributed by atoms with van der Waals surface area (Å²) in [6, 6.07) is 0.632. The van der Waals surface area contributed by atoms with Crippen molar-refractivity contribution in [2.24, 2.45) is 5.92 Å². The number of nitrogens with one attached hydrogen (secondary N) is 1. The summed E-state index contributed by atoms with van der Waals surface area (Å²) in [7, 11) is 0. The van der Waals surface area contributed by atoms with Crippen LogP contribution in [0.2, 0.25) is 0 Å². The van der Waals surface area contributed by atoms with Crippen LogP contribution in [-0.2, 0) is 9.53 Å². The number of ether oxygens (including phenoxy) is 1. The van der Waals surface area contributed by atoms with Crippen LogP contribution in [0.25, 0.3) is 0 Å². The molecular formula is C12H21N3O2. The summed E-state index contributed by atoms with van der Waals surface area (Å²) in [5.41, 5.74) is 0. The van der Waals surface area contributed by atoms with Crippen molar-refractivity contribution in [2.45, 2.75) is 12.5 Å². The zero-order valence-corrected chi connectivity index (χ0v) is 10.2. The third-order valence-electron chi connectivity index (χ3n) is 4.16. The Hall–Kier alpha value is -0.650. The van der Waals surface area contributed by atoms with Crippen molar-refractivity contribution in [3.05, 3.63) is 0 Å². The van der Waals surface area contributed by atoms with Crippen LogP contribution in [-0.4, -0.2) is 74.2 Å². The number of rotatable bonds is 2. The van der Waals surface area contributed by atoms with Crippen molar-refractivity contribution in [3.63, 3.8) is 0 Å². The lowest BCUT2D eigenvalue weighted by Gasteiger charge is -2.28. The summed E-state index contributed by atoms with van der Waals surface area (Å²) in [4.78, 5) is 16.3. The van der Waals surface area contributed by atoms with E-state index in [0.29, 0.717) is 25.8 Å². The molecule has 0 aromatic heterocycles. The first-order chi connectivity index (χ1) is 8.33. The largest absolute Gasteiger partial charge is 0.378 e. The van der Waals surface area contributed by atoms with Gasteiger partial charge < -0.3 is 15.0 Å². The molecule has 3 saturated heterocycles. The molecule has 3 fully saturated rings. The maximum Gasteiger partial charge on any atom is 0.236 e. The number of nitrogens with zero attached hydrogens (tertiary/aromatic N) is 2. The minimum atomic E-state index is 0.272. The van der Waals surface area contributed by atoms with Crippen LogP contribution in [0.5, 0.6) is 0 Å². The van der Waals surface area contributed by atoms with Crippen molar-refractivity contribution < 1.29 is 9.53 Å². The minimum Gasteiger partial charge on any atom is -0.378 e. The van der Waals surface area contributed by atoms with Crippen molar-refractivity contribution in [3.8, 4) is 0 Å². The van der Waals surface area contributed by atoms with E-state index in [1.165, 1.54) is 6.42 Å². The Bertz CT molecular complexity index is 279. The normalized spacial score (nSPS) is 34.0. The SMILES string of the molecule is O=C(CN1C[C@@H]2CCN[C@@H]2C1)N1CCOCC1. The topological polar surface area (TPSA) is 44.8 Å². The summed E-state index contributed by atoms with van der Waals surface area (Å²) >= 11 is 0. The maximum atomic E-state index is 12.1. The van der Waals surface area contributed by atoms with E-state index < -0.39 is 0 Å². The van der Waals surface area contributed by atoms with Gasteiger partial charge in [-0.3, -0.25) is 9.69 Å². The van der Waals surface area contributed by atoms with Gasteiger partial charge in [0.25, 0.3) is 0 Å². The molecule has 5 nitrogen and oxygen atoms in total. The summed E-state index contributed by atoms with van der Waals surface area (Å²) in [5.74, 6) is 1.04. The van der Waals surface area contributed by atoms with Gasteiger partial charge >= 0.3 is 0 Å². The standard InChI is InChI=1S/C12H21N3O2/c16-12(15-3-5-17-6-4-15)9-14-7-10-1-2-13-11(10)8-14/h10-11,13H,1-9H2/t10-,11+/m0/s1. The molecule has 0 spiro atoms. The molecule has 3 aliphatic heterocycles. The average Bonchev–Trinajstić information content (AvgIpc) is 2.90. The molecule has 0 aromatic rings. The highest BCUT2D eigenvalue weighted by atomic mass is 16.5. The lowest BCUT2D eigenvalue weighted by atomic mass is 10.1. The van der Waals surface area contributed by atoms with Gasteiger partial charge in [0.2, 0.25) is 5.91 Å². The van der Waals surface area contributed by atoms with E-state index in [4.69, 9.17) is 4.74 Å². The first kappa shape index (κ1) is 11.4. The number of amides is 1. The molecule has 0 unspecified atom stereocenters. The summed E-state index contributed by atoms with van der Waals surface area (Å²) in [6.45, 7) is 6.79. The Morgan fingerprint density at radius 1 is 1.29 bits per heavy atom. The van der Waals surface area contributed by atoms with Crippen molar-refractivity contribution in [2.75, 3.05) is 52.5 Å². The van der Waals surface area contributed by atoms with Crippen molar-refractivity contribution in [1.82, 2.24) is 15.1 Å². The van der Waals surface area contributed by atoms with Crippen molar-refractivity contribution in [1.29, 1.82) is 0 Å². The molecule has 3 rings (SSSR count). The quantitative estimate of drug-likeness (QED) is 0.681. The van der Waals surface area contributed by atoms with E-state index in [0.717, 1.165) is 38.6 Å². The predicted octanol–water partition coefficient (Wildman–Crippen LogP) is -0.861. The van der Waals surface area contributed by atoms with Gasteiger partial charge in [0, 0.05) is 32.2 Å². The Morgan fingerprint density at radius 2 is 2.12 bits per heavy atom. The predicted molar refractivity (Wildman–Crippen MR) is 63.7 cm³/mol. The number of carbonyl (C=O) groups excluding carboxylic acids is 1. The van der Waals surface area contributed by atoms with E-state index in [1.807, 2.05) is 4.90 Å². The molecule has 3 heterocycles. The second-order valence-corrected chi connectivity index (χ2v) is 5.30. The third-order valence-corrected chi connectivity index (χ3v) is 4.16. The lowest BCUT2D eigenvalue weighted by Crippen LogP contribution is -2.45.